The summed E-state index contributed by atoms with van der Waals surface area (Å²) >= 11 is 8.85. The van der Waals surface area contributed by atoms with Gasteiger partial charge >= 0.3 is 0 Å². The molecule has 6 nitrogen and oxygen atoms in total. The fourth-order valence-electron chi connectivity index (χ4n) is 2.24. The van der Waals surface area contributed by atoms with Crippen molar-refractivity contribution >= 4 is 51.6 Å². The van der Waals surface area contributed by atoms with Crippen molar-refractivity contribution in [1.29, 1.82) is 0 Å². The second kappa shape index (κ2) is 9.68. The highest BCUT2D eigenvalue weighted by Gasteiger charge is 2.19. The van der Waals surface area contributed by atoms with Crippen LogP contribution in [0.3, 0.4) is 0 Å². The highest BCUT2D eigenvalue weighted by molar-refractivity contribution is 8.00. The van der Waals surface area contributed by atoms with Gasteiger partial charge < -0.3 is 5.32 Å². The number of nitrogens with zero attached hydrogens (tertiary/aromatic N) is 2. The molecule has 3 aromatic rings. The van der Waals surface area contributed by atoms with Crippen molar-refractivity contribution in [3.63, 3.8) is 0 Å². The molecule has 2 amide bonds. The van der Waals surface area contributed by atoms with Gasteiger partial charge in [-0.3, -0.25) is 14.9 Å². The molecule has 1 unspecified atom stereocenters. The van der Waals surface area contributed by atoms with Gasteiger partial charge in [-0.15, -0.1) is 10.2 Å². The van der Waals surface area contributed by atoms with Crippen LogP contribution in [0.2, 0.25) is 5.02 Å². The summed E-state index contributed by atoms with van der Waals surface area (Å²) in [6.07, 6.45) is 0. The molecule has 9 heteroatoms. The third-order valence-corrected chi connectivity index (χ3v) is 6.07. The highest BCUT2D eigenvalue weighted by Crippen LogP contribution is 2.28. The summed E-state index contributed by atoms with van der Waals surface area (Å²) in [6.45, 7) is 1.59. The largest absolute Gasteiger partial charge is 0.340 e. The number of aromatic nitrogens is 2. The lowest BCUT2D eigenvalue weighted by molar-refractivity contribution is -0.117. The molecular weight excluding hydrogens is 416 g/mol. The zero-order chi connectivity index (χ0) is 19.9. The molecule has 1 aromatic heterocycles. The van der Waals surface area contributed by atoms with Gasteiger partial charge in [-0.05, 0) is 24.6 Å². The molecule has 0 aliphatic heterocycles. The molecule has 0 aliphatic rings. The molecule has 0 saturated carbocycles. The first-order valence-corrected chi connectivity index (χ1v) is 10.6. The highest BCUT2D eigenvalue weighted by atomic mass is 35.5. The van der Waals surface area contributed by atoms with Crippen molar-refractivity contribution in [3.8, 4) is 0 Å². The van der Waals surface area contributed by atoms with E-state index < -0.39 is 11.9 Å². The molecule has 28 heavy (non-hydrogen) atoms. The first-order valence-electron chi connectivity index (χ1n) is 8.39. The van der Waals surface area contributed by atoms with Gasteiger partial charge in [0.25, 0.3) is 5.91 Å². The van der Waals surface area contributed by atoms with Crippen molar-refractivity contribution in [2.45, 2.75) is 23.1 Å². The molecule has 0 radical (unpaired) electrons. The molecule has 3 rings (SSSR count). The van der Waals surface area contributed by atoms with E-state index in [-0.39, 0.29) is 5.91 Å². The monoisotopic (exact) mass is 432 g/mol. The molecule has 0 saturated heterocycles. The van der Waals surface area contributed by atoms with E-state index in [9.17, 15) is 9.59 Å². The number of halogens is 1. The van der Waals surface area contributed by atoms with Gasteiger partial charge in [-0.1, -0.05) is 77.2 Å². The van der Waals surface area contributed by atoms with Gasteiger partial charge in [-0.25, -0.2) is 0 Å². The zero-order valence-electron chi connectivity index (χ0n) is 14.9. The molecule has 1 atom stereocenters. The van der Waals surface area contributed by atoms with Gasteiger partial charge in [-0.2, -0.15) is 0 Å². The van der Waals surface area contributed by atoms with Crippen LogP contribution in [0.1, 0.15) is 22.8 Å². The number of hydrogen-bond donors (Lipinski definition) is 2. The van der Waals surface area contributed by atoms with Crippen molar-refractivity contribution in [2.24, 2.45) is 0 Å². The molecular formula is C19H17ClN4O2S2. The van der Waals surface area contributed by atoms with E-state index in [1.54, 1.807) is 43.0 Å². The standard InChI is InChI=1S/C19H17ClN4O2S2/c1-12(21-17(26)14-9-5-6-10-15(14)20)16(25)22-18-23-24-19(28-18)27-11-13-7-3-2-4-8-13/h2-10,12H,11H2,1H3,(H,21,26)(H,22,23,25). The SMILES string of the molecule is CC(NC(=O)c1ccccc1Cl)C(=O)Nc1nnc(SCc2ccccc2)s1. The Morgan fingerprint density at radius 1 is 1.11 bits per heavy atom. The average Bonchev–Trinajstić information content (AvgIpc) is 3.14. The van der Waals surface area contributed by atoms with Crippen LogP contribution in [0.15, 0.2) is 58.9 Å². The quantitative estimate of drug-likeness (QED) is 0.431. The molecule has 1 heterocycles. The van der Waals surface area contributed by atoms with E-state index in [0.29, 0.717) is 15.7 Å². The van der Waals surface area contributed by atoms with Gasteiger partial charge in [0, 0.05) is 5.75 Å². The van der Waals surface area contributed by atoms with Crippen molar-refractivity contribution in [1.82, 2.24) is 15.5 Å². The summed E-state index contributed by atoms with van der Waals surface area (Å²) < 4.78 is 0.756. The molecule has 0 aliphatic carbocycles. The summed E-state index contributed by atoms with van der Waals surface area (Å²) in [4.78, 5) is 24.6. The lowest BCUT2D eigenvalue weighted by atomic mass is 10.2. The van der Waals surface area contributed by atoms with E-state index in [4.69, 9.17) is 11.6 Å². The van der Waals surface area contributed by atoms with E-state index in [1.165, 1.54) is 16.9 Å². The zero-order valence-corrected chi connectivity index (χ0v) is 17.3. The Labute approximate surface area is 175 Å². The van der Waals surface area contributed by atoms with Crippen molar-refractivity contribution in [3.05, 3.63) is 70.7 Å². The van der Waals surface area contributed by atoms with E-state index >= 15 is 0 Å². The maximum absolute atomic E-state index is 12.3. The number of carbonyl (C=O) groups excluding carboxylic acids is 2. The number of anilines is 1. The van der Waals surface area contributed by atoms with E-state index in [1.807, 2.05) is 30.3 Å². The van der Waals surface area contributed by atoms with Gasteiger partial charge in [0.1, 0.15) is 6.04 Å². The summed E-state index contributed by atoms with van der Waals surface area (Å²) in [5.74, 6) is -0.0194. The Kier molecular flexibility index (Phi) is 7.02. The lowest BCUT2D eigenvalue weighted by Gasteiger charge is -2.13. The van der Waals surface area contributed by atoms with Crippen LogP contribution in [-0.4, -0.2) is 28.1 Å². The van der Waals surface area contributed by atoms with Crippen LogP contribution in [0.25, 0.3) is 0 Å². The Morgan fingerprint density at radius 2 is 1.82 bits per heavy atom. The minimum Gasteiger partial charge on any atom is -0.340 e. The number of amides is 2. The number of benzene rings is 2. The fraction of sp³-hybridized carbons (Fsp3) is 0.158. The number of rotatable bonds is 7. The van der Waals surface area contributed by atoms with Crippen LogP contribution in [-0.2, 0) is 10.5 Å². The third kappa shape index (κ3) is 5.54. The van der Waals surface area contributed by atoms with Crippen LogP contribution in [0, 0.1) is 0 Å². The Morgan fingerprint density at radius 3 is 2.57 bits per heavy atom. The summed E-state index contributed by atoms with van der Waals surface area (Å²) in [6, 6.07) is 15.9. The first-order chi connectivity index (χ1) is 13.5. The maximum atomic E-state index is 12.3. The van der Waals surface area contributed by atoms with Crippen LogP contribution in [0.4, 0.5) is 5.13 Å². The number of thioether (sulfide) groups is 1. The van der Waals surface area contributed by atoms with Crippen LogP contribution in [0.5, 0.6) is 0 Å². The van der Waals surface area contributed by atoms with Crippen molar-refractivity contribution in [2.75, 3.05) is 5.32 Å². The van der Waals surface area contributed by atoms with Gasteiger partial charge in [0.05, 0.1) is 10.6 Å². The number of carbonyl (C=O) groups is 2. The third-order valence-electron chi connectivity index (χ3n) is 3.70. The Balaban J connectivity index is 1.52. The normalized spacial score (nSPS) is 11.6. The molecule has 0 fully saturated rings. The summed E-state index contributed by atoms with van der Waals surface area (Å²) in [5.41, 5.74) is 1.50. The molecule has 144 valence electrons. The predicted molar refractivity (Wildman–Crippen MR) is 113 cm³/mol. The lowest BCUT2D eigenvalue weighted by Crippen LogP contribution is -2.41. The minimum atomic E-state index is -0.756. The topological polar surface area (TPSA) is 84.0 Å². The molecule has 0 bridgehead atoms. The second-order valence-corrected chi connectivity index (χ2v) is 8.42. The first kappa shape index (κ1) is 20.3. The molecule has 0 spiro atoms. The van der Waals surface area contributed by atoms with Crippen LogP contribution >= 0.6 is 34.7 Å². The Bertz CT molecular complexity index is 965. The minimum absolute atomic E-state index is 0.319. The van der Waals surface area contributed by atoms with Crippen LogP contribution < -0.4 is 10.6 Å². The smallest absolute Gasteiger partial charge is 0.253 e. The average molecular weight is 433 g/mol. The van der Waals surface area contributed by atoms with E-state index in [0.717, 1.165) is 10.1 Å². The fourth-order valence-corrected chi connectivity index (χ4v) is 4.17. The number of nitrogens with one attached hydrogen (secondary N) is 2. The number of hydrogen-bond acceptors (Lipinski definition) is 6. The van der Waals surface area contributed by atoms with E-state index in [2.05, 4.69) is 20.8 Å². The molecule has 2 N–H and O–H groups in total. The second-order valence-electron chi connectivity index (χ2n) is 5.81. The maximum Gasteiger partial charge on any atom is 0.253 e. The van der Waals surface area contributed by atoms with Gasteiger partial charge in [0.15, 0.2) is 4.34 Å². The van der Waals surface area contributed by atoms with Gasteiger partial charge in [0.2, 0.25) is 11.0 Å². The summed E-state index contributed by atoms with van der Waals surface area (Å²) in [7, 11) is 0. The predicted octanol–water partition coefficient (Wildman–Crippen LogP) is 4.24. The Hall–Kier alpha value is -2.42. The summed E-state index contributed by atoms with van der Waals surface area (Å²) in [5, 5.41) is 14.1. The van der Waals surface area contributed by atoms with Crippen molar-refractivity contribution < 1.29 is 9.59 Å². The molecule has 2 aromatic carbocycles.